The van der Waals surface area contributed by atoms with E-state index in [4.69, 9.17) is 14.8 Å². The van der Waals surface area contributed by atoms with Crippen molar-refractivity contribution in [2.45, 2.75) is 26.4 Å². The fourth-order valence-corrected chi connectivity index (χ4v) is 1.99. The molecule has 0 aliphatic rings. The standard InChI is InChI=1S/C14H22BNO4/c1-10(2)14(13(17)9-20-3)16-8-11-4-6-12(7-5-11)15(18)19/h4-7,10,14,16,18-19H,8-9H2,1-3H3/t14-/m0/s1. The Hall–Kier alpha value is -1.21. The molecule has 5 nitrogen and oxygen atoms in total. The van der Waals surface area contributed by atoms with Crippen LogP contribution in [0.3, 0.4) is 0 Å². The number of nitrogens with one attached hydrogen (secondary N) is 1. The summed E-state index contributed by atoms with van der Waals surface area (Å²) in [6.07, 6.45) is 0. The van der Waals surface area contributed by atoms with Crippen molar-refractivity contribution in [3.8, 4) is 0 Å². The zero-order valence-corrected chi connectivity index (χ0v) is 12.2. The number of Topliss-reactive ketones (excluding diaryl/α,β-unsaturated/α-hetero) is 1. The molecule has 0 radical (unpaired) electrons. The van der Waals surface area contributed by atoms with Crippen molar-refractivity contribution in [2.24, 2.45) is 5.92 Å². The van der Waals surface area contributed by atoms with Crippen LogP contribution in [0.5, 0.6) is 0 Å². The molecule has 110 valence electrons. The van der Waals surface area contributed by atoms with Gasteiger partial charge in [0.05, 0.1) is 6.04 Å². The maximum atomic E-state index is 11.9. The molecule has 3 N–H and O–H groups in total. The largest absolute Gasteiger partial charge is 0.488 e. The van der Waals surface area contributed by atoms with Gasteiger partial charge in [0.1, 0.15) is 6.61 Å². The highest BCUT2D eigenvalue weighted by Crippen LogP contribution is 2.06. The van der Waals surface area contributed by atoms with Crippen molar-refractivity contribution >= 4 is 18.4 Å². The third-order valence-electron chi connectivity index (χ3n) is 3.10. The third kappa shape index (κ3) is 5.05. The Kier molecular flexibility index (Phi) is 6.88. The van der Waals surface area contributed by atoms with Crippen LogP contribution in [0.25, 0.3) is 0 Å². The molecule has 1 atom stereocenters. The van der Waals surface area contributed by atoms with Crippen LogP contribution in [0.15, 0.2) is 24.3 Å². The summed E-state index contributed by atoms with van der Waals surface area (Å²) in [5, 5.41) is 21.3. The van der Waals surface area contributed by atoms with Gasteiger partial charge in [-0.15, -0.1) is 0 Å². The molecule has 1 aromatic carbocycles. The van der Waals surface area contributed by atoms with Crippen LogP contribution in [-0.4, -0.2) is 42.7 Å². The van der Waals surface area contributed by atoms with Gasteiger partial charge in [0.2, 0.25) is 0 Å². The lowest BCUT2D eigenvalue weighted by molar-refractivity contribution is -0.125. The molecule has 0 amide bonds. The number of benzene rings is 1. The molecular weight excluding hydrogens is 257 g/mol. The average molecular weight is 279 g/mol. The van der Waals surface area contributed by atoms with Gasteiger partial charge in [-0.1, -0.05) is 38.1 Å². The normalized spacial score (nSPS) is 12.5. The Balaban J connectivity index is 2.61. The lowest BCUT2D eigenvalue weighted by atomic mass is 9.80. The van der Waals surface area contributed by atoms with Crippen LogP contribution in [0.2, 0.25) is 0 Å². The molecule has 20 heavy (non-hydrogen) atoms. The molecule has 0 unspecified atom stereocenters. The molecule has 0 bridgehead atoms. The zero-order chi connectivity index (χ0) is 15.1. The van der Waals surface area contributed by atoms with E-state index in [1.54, 1.807) is 24.3 Å². The summed E-state index contributed by atoms with van der Waals surface area (Å²) in [7, 11) is 0.0532. The van der Waals surface area contributed by atoms with Gasteiger partial charge in [-0.25, -0.2) is 0 Å². The van der Waals surface area contributed by atoms with Gasteiger partial charge in [-0.3, -0.25) is 4.79 Å². The van der Waals surface area contributed by atoms with E-state index in [1.165, 1.54) is 7.11 Å². The second-order valence-electron chi connectivity index (χ2n) is 5.12. The van der Waals surface area contributed by atoms with Crippen molar-refractivity contribution in [1.82, 2.24) is 5.32 Å². The summed E-state index contributed by atoms with van der Waals surface area (Å²) in [4.78, 5) is 11.9. The van der Waals surface area contributed by atoms with Crippen molar-refractivity contribution in [3.05, 3.63) is 29.8 Å². The summed E-state index contributed by atoms with van der Waals surface area (Å²) in [5.41, 5.74) is 1.43. The van der Waals surface area contributed by atoms with Crippen LogP contribution >= 0.6 is 0 Å². The van der Waals surface area contributed by atoms with E-state index in [9.17, 15) is 4.79 Å². The van der Waals surface area contributed by atoms with Gasteiger partial charge in [0, 0.05) is 13.7 Å². The Labute approximate surface area is 120 Å². The molecule has 6 heteroatoms. The molecular formula is C14H22BNO4. The fourth-order valence-electron chi connectivity index (χ4n) is 1.99. The topological polar surface area (TPSA) is 78.8 Å². The fraction of sp³-hybridized carbons (Fsp3) is 0.500. The molecule has 0 saturated heterocycles. The summed E-state index contributed by atoms with van der Waals surface area (Å²) in [5.74, 6) is 0.209. The van der Waals surface area contributed by atoms with E-state index in [0.717, 1.165) is 5.56 Å². The molecule has 0 aliphatic carbocycles. The van der Waals surface area contributed by atoms with Crippen LogP contribution < -0.4 is 10.8 Å². The summed E-state index contributed by atoms with van der Waals surface area (Å²) in [6, 6.07) is 6.67. The maximum Gasteiger partial charge on any atom is 0.488 e. The minimum Gasteiger partial charge on any atom is -0.423 e. The smallest absolute Gasteiger partial charge is 0.423 e. The maximum absolute atomic E-state index is 11.9. The van der Waals surface area contributed by atoms with E-state index in [1.807, 2.05) is 13.8 Å². The highest BCUT2D eigenvalue weighted by atomic mass is 16.5. The molecule has 0 aromatic heterocycles. The quantitative estimate of drug-likeness (QED) is 0.569. The van der Waals surface area contributed by atoms with E-state index >= 15 is 0 Å². The number of rotatable bonds is 8. The Bertz CT molecular complexity index is 420. The lowest BCUT2D eigenvalue weighted by Gasteiger charge is -2.21. The Morgan fingerprint density at radius 3 is 2.35 bits per heavy atom. The number of ether oxygens (including phenoxy) is 1. The van der Waals surface area contributed by atoms with Gasteiger partial charge in [-0.05, 0) is 16.9 Å². The summed E-state index contributed by atoms with van der Waals surface area (Å²) >= 11 is 0. The van der Waals surface area contributed by atoms with Gasteiger partial charge < -0.3 is 20.1 Å². The van der Waals surface area contributed by atoms with E-state index in [2.05, 4.69) is 5.32 Å². The van der Waals surface area contributed by atoms with Crippen LogP contribution in [0.4, 0.5) is 0 Å². The van der Waals surface area contributed by atoms with Crippen LogP contribution in [0.1, 0.15) is 19.4 Å². The van der Waals surface area contributed by atoms with Crippen LogP contribution in [0, 0.1) is 5.92 Å². The molecule has 0 heterocycles. The predicted molar refractivity (Wildman–Crippen MR) is 78.6 cm³/mol. The van der Waals surface area contributed by atoms with Crippen molar-refractivity contribution in [2.75, 3.05) is 13.7 Å². The van der Waals surface area contributed by atoms with Gasteiger partial charge in [0.25, 0.3) is 0 Å². The average Bonchev–Trinajstić information content (AvgIpc) is 2.39. The van der Waals surface area contributed by atoms with Gasteiger partial charge in [0.15, 0.2) is 5.78 Å². The molecule has 0 fully saturated rings. The van der Waals surface area contributed by atoms with Gasteiger partial charge >= 0.3 is 7.12 Å². The molecule has 1 aromatic rings. The number of hydrogen-bond acceptors (Lipinski definition) is 5. The summed E-state index contributed by atoms with van der Waals surface area (Å²) in [6.45, 7) is 4.61. The molecule has 1 rings (SSSR count). The molecule has 0 saturated carbocycles. The van der Waals surface area contributed by atoms with Crippen LogP contribution in [-0.2, 0) is 16.1 Å². The highest BCUT2D eigenvalue weighted by Gasteiger charge is 2.21. The van der Waals surface area contributed by atoms with Gasteiger partial charge in [-0.2, -0.15) is 0 Å². The second kappa shape index (κ2) is 8.16. The first-order chi connectivity index (χ1) is 9.45. The van der Waals surface area contributed by atoms with E-state index < -0.39 is 7.12 Å². The first-order valence-corrected chi connectivity index (χ1v) is 6.65. The molecule has 0 spiro atoms. The zero-order valence-electron chi connectivity index (χ0n) is 12.2. The predicted octanol–water partition coefficient (Wildman–Crippen LogP) is -0.304. The Morgan fingerprint density at radius 2 is 1.90 bits per heavy atom. The lowest BCUT2D eigenvalue weighted by Crippen LogP contribution is -2.42. The summed E-state index contributed by atoms with van der Waals surface area (Å²) < 4.78 is 4.88. The molecule has 0 aliphatic heterocycles. The van der Waals surface area contributed by atoms with E-state index in [-0.39, 0.29) is 24.3 Å². The number of ketones is 1. The number of carbonyl (C=O) groups is 1. The minimum absolute atomic E-state index is 0.0323. The minimum atomic E-state index is -1.45. The van der Waals surface area contributed by atoms with Crippen molar-refractivity contribution in [1.29, 1.82) is 0 Å². The second-order valence-corrected chi connectivity index (χ2v) is 5.12. The first kappa shape index (κ1) is 16.8. The Morgan fingerprint density at radius 1 is 1.30 bits per heavy atom. The SMILES string of the molecule is COCC(=O)[C@@H](NCc1ccc(B(O)O)cc1)C(C)C. The number of methoxy groups -OCH3 is 1. The monoisotopic (exact) mass is 279 g/mol. The van der Waals surface area contributed by atoms with Crippen molar-refractivity contribution in [3.63, 3.8) is 0 Å². The third-order valence-corrected chi connectivity index (χ3v) is 3.10. The number of carbonyl (C=O) groups excluding carboxylic acids is 1. The van der Waals surface area contributed by atoms with E-state index in [0.29, 0.717) is 12.0 Å². The van der Waals surface area contributed by atoms with Crippen molar-refractivity contribution < 1.29 is 19.6 Å². The highest BCUT2D eigenvalue weighted by molar-refractivity contribution is 6.58. The number of hydrogen-bond donors (Lipinski definition) is 3. The first-order valence-electron chi connectivity index (χ1n) is 6.65.